The van der Waals surface area contributed by atoms with Crippen LogP contribution in [0.3, 0.4) is 0 Å². The number of carbonyl (C=O) groups is 1. The van der Waals surface area contributed by atoms with E-state index in [1.807, 2.05) is 0 Å². The Morgan fingerprint density at radius 1 is 1.31 bits per heavy atom. The summed E-state index contributed by atoms with van der Waals surface area (Å²) in [7, 11) is 0. The summed E-state index contributed by atoms with van der Waals surface area (Å²) < 4.78 is 11.8. The molecule has 0 bridgehead atoms. The van der Waals surface area contributed by atoms with Gasteiger partial charge in [0.2, 0.25) is 0 Å². The lowest BCUT2D eigenvalue weighted by molar-refractivity contribution is -0.0780. The molecule has 1 aromatic heterocycles. The molecule has 2 atom stereocenters. The Morgan fingerprint density at radius 3 is 2.65 bits per heavy atom. The molecule has 2 saturated heterocycles. The summed E-state index contributed by atoms with van der Waals surface area (Å²) in [5, 5.41) is 0.296. The molecule has 3 rings (SSSR count). The smallest absolute Gasteiger partial charge is 0.274 e. The van der Waals surface area contributed by atoms with E-state index in [1.54, 1.807) is 4.90 Å². The number of halogens is 1. The summed E-state index contributed by atoms with van der Waals surface area (Å²) in [5.41, 5.74) is 0.275. The maximum atomic E-state index is 12.5. The van der Waals surface area contributed by atoms with E-state index in [0.29, 0.717) is 18.1 Å². The number of ether oxygens (including phenoxy) is 2. The minimum Gasteiger partial charge on any atom is -0.377 e. The standard InChI is InChI=1S/C18H27ClN4O3/c1-13-10-22(11-14(2)26-13)7-8-25-15-3-5-23(6-4-15)18(24)17-16(19)9-20-12-21-17/h9,12-15H,3-8,10-11H2,1-2H3/t13-,14-/m1/s1. The zero-order valence-corrected chi connectivity index (χ0v) is 16.2. The van der Waals surface area contributed by atoms with E-state index >= 15 is 0 Å². The summed E-state index contributed by atoms with van der Waals surface area (Å²) in [6.07, 6.45) is 5.24. The third-order valence-corrected chi connectivity index (χ3v) is 5.13. The Hall–Kier alpha value is -1.28. The number of rotatable bonds is 5. The van der Waals surface area contributed by atoms with Crippen LogP contribution in [0.4, 0.5) is 0 Å². The third kappa shape index (κ3) is 5.13. The predicted octanol–water partition coefficient (Wildman–Crippen LogP) is 1.86. The van der Waals surface area contributed by atoms with Gasteiger partial charge in [-0.15, -0.1) is 0 Å². The van der Waals surface area contributed by atoms with Crippen LogP contribution in [0.5, 0.6) is 0 Å². The SMILES string of the molecule is C[C@@H]1CN(CCOC2CCN(C(=O)c3ncncc3Cl)CC2)C[C@@H](C)O1. The number of hydrogen-bond acceptors (Lipinski definition) is 6. The van der Waals surface area contributed by atoms with Crippen LogP contribution in [0.1, 0.15) is 37.2 Å². The summed E-state index contributed by atoms with van der Waals surface area (Å²) >= 11 is 6.02. The maximum absolute atomic E-state index is 12.5. The Bertz CT molecular complexity index is 600. The lowest BCUT2D eigenvalue weighted by atomic mass is 10.1. The van der Waals surface area contributed by atoms with Gasteiger partial charge in [0.25, 0.3) is 5.91 Å². The lowest BCUT2D eigenvalue weighted by Crippen LogP contribution is -2.47. The van der Waals surface area contributed by atoms with Crippen LogP contribution in [0.15, 0.2) is 12.5 Å². The lowest BCUT2D eigenvalue weighted by Gasteiger charge is -2.36. The van der Waals surface area contributed by atoms with Crippen molar-refractivity contribution in [2.24, 2.45) is 0 Å². The molecule has 7 nitrogen and oxygen atoms in total. The van der Waals surface area contributed by atoms with Crippen LogP contribution in [0.2, 0.25) is 5.02 Å². The van der Waals surface area contributed by atoms with E-state index in [4.69, 9.17) is 21.1 Å². The minimum absolute atomic E-state index is 0.132. The normalized spacial score (nSPS) is 25.4. The molecule has 0 radical (unpaired) electrons. The van der Waals surface area contributed by atoms with Crippen molar-refractivity contribution < 1.29 is 14.3 Å². The van der Waals surface area contributed by atoms with E-state index in [-0.39, 0.29) is 29.9 Å². The third-order valence-electron chi connectivity index (χ3n) is 4.86. The van der Waals surface area contributed by atoms with Gasteiger partial charge in [-0.3, -0.25) is 9.69 Å². The number of hydrogen-bond donors (Lipinski definition) is 0. The number of morpholine rings is 1. The number of carbonyl (C=O) groups excluding carboxylic acids is 1. The zero-order valence-electron chi connectivity index (χ0n) is 15.4. The van der Waals surface area contributed by atoms with E-state index in [0.717, 1.165) is 39.1 Å². The molecule has 0 aliphatic carbocycles. The van der Waals surface area contributed by atoms with Gasteiger partial charge in [-0.05, 0) is 26.7 Å². The fraction of sp³-hybridized carbons (Fsp3) is 0.722. The molecule has 0 aromatic carbocycles. The van der Waals surface area contributed by atoms with Gasteiger partial charge in [0.15, 0.2) is 0 Å². The first kappa shape index (κ1) is 19.5. The molecule has 0 saturated carbocycles. The molecule has 2 fully saturated rings. The van der Waals surface area contributed by atoms with E-state index < -0.39 is 0 Å². The Morgan fingerprint density at radius 2 is 2.00 bits per heavy atom. The van der Waals surface area contributed by atoms with Crippen molar-refractivity contribution in [3.05, 3.63) is 23.2 Å². The van der Waals surface area contributed by atoms with Gasteiger partial charge in [-0.25, -0.2) is 9.97 Å². The van der Waals surface area contributed by atoms with Gasteiger partial charge in [0, 0.05) is 38.9 Å². The number of aromatic nitrogens is 2. The predicted molar refractivity (Wildman–Crippen MR) is 98.4 cm³/mol. The van der Waals surface area contributed by atoms with Crippen LogP contribution in [0, 0.1) is 0 Å². The first-order valence-corrected chi connectivity index (χ1v) is 9.65. The Kier molecular flexibility index (Phi) is 6.80. The monoisotopic (exact) mass is 382 g/mol. The summed E-state index contributed by atoms with van der Waals surface area (Å²) in [6, 6.07) is 0. The number of nitrogens with zero attached hydrogens (tertiary/aromatic N) is 4. The second kappa shape index (κ2) is 9.08. The zero-order chi connectivity index (χ0) is 18.5. The maximum Gasteiger partial charge on any atom is 0.274 e. The van der Waals surface area contributed by atoms with Crippen LogP contribution in [-0.4, -0.2) is 83.3 Å². The van der Waals surface area contributed by atoms with Gasteiger partial charge in [0.05, 0.1) is 29.9 Å². The average Bonchev–Trinajstić information content (AvgIpc) is 2.61. The Labute approximate surface area is 159 Å². The van der Waals surface area contributed by atoms with Crippen LogP contribution < -0.4 is 0 Å². The van der Waals surface area contributed by atoms with Crippen LogP contribution in [0.25, 0.3) is 0 Å². The molecular formula is C18H27ClN4O3. The van der Waals surface area contributed by atoms with Gasteiger partial charge in [-0.2, -0.15) is 0 Å². The molecule has 0 unspecified atom stereocenters. The highest BCUT2D eigenvalue weighted by Crippen LogP contribution is 2.19. The van der Waals surface area contributed by atoms with E-state index in [2.05, 4.69) is 28.7 Å². The fourth-order valence-electron chi connectivity index (χ4n) is 3.66. The number of likely N-dealkylation sites (tertiary alicyclic amines) is 1. The van der Waals surface area contributed by atoms with Gasteiger partial charge < -0.3 is 14.4 Å². The largest absolute Gasteiger partial charge is 0.377 e. The number of amides is 1. The van der Waals surface area contributed by atoms with Crippen LogP contribution in [-0.2, 0) is 9.47 Å². The van der Waals surface area contributed by atoms with Gasteiger partial charge in [0.1, 0.15) is 12.0 Å². The van der Waals surface area contributed by atoms with Crippen molar-refractivity contribution in [2.45, 2.75) is 45.0 Å². The summed E-state index contributed by atoms with van der Waals surface area (Å²) in [4.78, 5) is 24.5. The summed E-state index contributed by atoms with van der Waals surface area (Å²) in [5.74, 6) is -0.132. The molecule has 2 aliphatic heterocycles. The molecule has 1 aromatic rings. The van der Waals surface area contributed by atoms with Crippen molar-refractivity contribution in [1.82, 2.24) is 19.8 Å². The quantitative estimate of drug-likeness (QED) is 0.774. The first-order valence-electron chi connectivity index (χ1n) is 9.27. The molecular weight excluding hydrogens is 356 g/mol. The average molecular weight is 383 g/mol. The second-order valence-corrected chi connectivity index (χ2v) is 7.51. The van der Waals surface area contributed by atoms with Crippen molar-refractivity contribution >= 4 is 17.5 Å². The first-order chi connectivity index (χ1) is 12.5. The highest BCUT2D eigenvalue weighted by atomic mass is 35.5. The van der Waals surface area contributed by atoms with Crippen molar-refractivity contribution in [1.29, 1.82) is 0 Å². The van der Waals surface area contributed by atoms with Gasteiger partial charge in [-0.1, -0.05) is 11.6 Å². The van der Waals surface area contributed by atoms with Crippen LogP contribution >= 0.6 is 11.6 Å². The molecule has 0 N–H and O–H groups in total. The molecule has 144 valence electrons. The molecule has 3 heterocycles. The highest BCUT2D eigenvalue weighted by molar-refractivity contribution is 6.33. The highest BCUT2D eigenvalue weighted by Gasteiger charge is 2.27. The van der Waals surface area contributed by atoms with Crippen molar-refractivity contribution in [3.63, 3.8) is 0 Å². The minimum atomic E-state index is -0.132. The van der Waals surface area contributed by atoms with Crippen molar-refractivity contribution in [2.75, 3.05) is 39.3 Å². The molecule has 8 heteroatoms. The topological polar surface area (TPSA) is 67.8 Å². The number of piperidine rings is 1. The fourth-order valence-corrected chi connectivity index (χ4v) is 3.85. The molecule has 1 amide bonds. The van der Waals surface area contributed by atoms with E-state index in [1.165, 1.54) is 12.5 Å². The second-order valence-electron chi connectivity index (χ2n) is 7.10. The van der Waals surface area contributed by atoms with E-state index in [9.17, 15) is 4.79 Å². The molecule has 2 aliphatic rings. The Balaban J connectivity index is 1.39. The van der Waals surface area contributed by atoms with Crippen molar-refractivity contribution in [3.8, 4) is 0 Å². The van der Waals surface area contributed by atoms with Gasteiger partial charge >= 0.3 is 0 Å². The molecule has 0 spiro atoms. The molecule has 26 heavy (non-hydrogen) atoms. The summed E-state index contributed by atoms with van der Waals surface area (Å²) in [6.45, 7) is 9.11.